The van der Waals surface area contributed by atoms with Crippen LogP contribution in [0.2, 0.25) is 0 Å². The highest BCUT2D eigenvalue weighted by atomic mass is 16.7. The first kappa shape index (κ1) is 24.8. The molecular formula is C27H28O7. The summed E-state index contributed by atoms with van der Waals surface area (Å²) in [6.45, 7) is 9.03. The number of carbonyl (C=O) groups excluding carboxylic acids is 3. The van der Waals surface area contributed by atoms with Crippen molar-refractivity contribution in [2.75, 3.05) is 6.79 Å². The van der Waals surface area contributed by atoms with E-state index in [1.165, 1.54) is 6.92 Å². The van der Waals surface area contributed by atoms with E-state index >= 15 is 0 Å². The van der Waals surface area contributed by atoms with E-state index in [-0.39, 0.29) is 17.4 Å². The van der Waals surface area contributed by atoms with E-state index in [2.05, 4.69) is 24.5 Å². The summed E-state index contributed by atoms with van der Waals surface area (Å²) in [5.41, 5.74) is 1.74. The van der Waals surface area contributed by atoms with Crippen LogP contribution in [0.25, 0.3) is 0 Å². The second-order valence-electron chi connectivity index (χ2n) is 9.45. The minimum atomic E-state index is -0.548. The molecule has 0 spiro atoms. The van der Waals surface area contributed by atoms with Crippen molar-refractivity contribution < 1.29 is 33.3 Å². The maximum atomic E-state index is 12.9. The lowest BCUT2D eigenvalue weighted by molar-refractivity contribution is -0.165. The molecule has 2 aromatic carbocycles. The third kappa shape index (κ3) is 5.96. The van der Waals surface area contributed by atoms with E-state index in [0.29, 0.717) is 28.2 Å². The molecule has 1 aliphatic heterocycles. The Morgan fingerprint density at radius 2 is 1.74 bits per heavy atom. The topological polar surface area (TPSA) is 88.1 Å². The van der Waals surface area contributed by atoms with E-state index < -0.39 is 24.7 Å². The highest BCUT2D eigenvalue weighted by Gasteiger charge is 2.40. The van der Waals surface area contributed by atoms with Crippen molar-refractivity contribution in [3.63, 3.8) is 0 Å². The fourth-order valence-corrected chi connectivity index (χ4v) is 4.18. The number of hydrogen-bond donors (Lipinski definition) is 0. The van der Waals surface area contributed by atoms with Crippen LogP contribution in [0, 0.1) is 12.3 Å². The van der Waals surface area contributed by atoms with Gasteiger partial charge < -0.3 is 18.9 Å². The summed E-state index contributed by atoms with van der Waals surface area (Å²) in [7, 11) is 0. The Hall–Kier alpha value is -3.79. The normalized spacial score (nSPS) is 15.2. The first-order chi connectivity index (χ1) is 15.9. The highest BCUT2D eigenvalue weighted by Crippen LogP contribution is 2.46. The molecule has 178 valence electrons. The van der Waals surface area contributed by atoms with Gasteiger partial charge in [-0.2, -0.15) is 0 Å². The van der Waals surface area contributed by atoms with Gasteiger partial charge >= 0.3 is 17.9 Å². The van der Waals surface area contributed by atoms with Gasteiger partial charge in [-0.1, -0.05) is 31.9 Å². The van der Waals surface area contributed by atoms with Gasteiger partial charge in [0.2, 0.25) is 6.79 Å². The van der Waals surface area contributed by atoms with E-state index in [1.54, 1.807) is 36.4 Å². The van der Waals surface area contributed by atoms with E-state index in [1.807, 2.05) is 13.8 Å². The van der Waals surface area contributed by atoms with Gasteiger partial charge in [-0.05, 0) is 55.5 Å². The standard InChI is InChI=1S/C27H28O7/c1-7-19-13-20(14-22-24(19)34-27(5,6)15-26(22,3)4)25(30)33-21-10-8-18(9-11-21)12-23(29)32-16-31-17(2)28/h1,8-11,13-14H,12,15-16H2,2-6H3. The van der Waals surface area contributed by atoms with Crippen LogP contribution in [0.15, 0.2) is 36.4 Å². The number of carbonyl (C=O) groups is 3. The average Bonchev–Trinajstić information content (AvgIpc) is 2.73. The van der Waals surface area contributed by atoms with Crippen molar-refractivity contribution in [1.29, 1.82) is 0 Å². The molecule has 1 heterocycles. The third-order valence-electron chi connectivity index (χ3n) is 5.42. The summed E-state index contributed by atoms with van der Waals surface area (Å²) in [6, 6.07) is 9.85. The van der Waals surface area contributed by atoms with Crippen LogP contribution in [0.4, 0.5) is 0 Å². The zero-order valence-electron chi connectivity index (χ0n) is 20.0. The predicted molar refractivity (Wildman–Crippen MR) is 125 cm³/mol. The molecule has 0 unspecified atom stereocenters. The van der Waals surface area contributed by atoms with Crippen LogP contribution >= 0.6 is 0 Å². The number of fused-ring (bicyclic) bond motifs is 1. The lowest BCUT2D eigenvalue weighted by Crippen LogP contribution is -2.41. The minimum Gasteiger partial charge on any atom is -0.486 e. The monoisotopic (exact) mass is 464 g/mol. The number of esters is 3. The average molecular weight is 465 g/mol. The van der Waals surface area contributed by atoms with Crippen molar-refractivity contribution in [1.82, 2.24) is 0 Å². The third-order valence-corrected chi connectivity index (χ3v) is 5.42. The Kier molecular flexibility index (Phi) is 7.01. The molecule has 0 fully saturated rings. The Morgan fingerprint density at radius 1 is 1.06 bits per heavy atom. The minimum absolute atomic E-state index is 0.0166. The van der Waals surface area contributed by atoms with Gasteiger partial charge in [0.15, 0.2) is 0 Å². The molecule has 7 nitrogen and oxygen atoms in total. The number of terminal acetylenes is 1. The van der Waals surface area contributed by atoms with Crippen LogP contribution in [0.1, 0.15) is 68.1 Å². The molecule has 0 aliphatic carbocycles. The summed E-state index contributed by atoms with van der Waals surface area (Å²) in [4.78, 5) is 35.4. The second kappa shape index (κ2) is 9.60. The molecule has 1 aliphatic rings. The Bertz CT molecular complexity index is 1150. The highest BCUT2D eigenvalue weighted by molar-refractivity contribution is 5.92. The molecule has 0 atom stereocenters. The first-order valence-electron chi connectivity index (χ1n) is 10.8. The van der Waals surface area contributed by atoms with E-state index in [0.717, 1.165) is 12.0 Å². The second-order valence-corrected chi connectivity index (χ2v) is 9.45. The maximum absolute atomic E-state index is 12.9. The Balaban J connectivity index is 1.72. The van der Waals surface area contributed by atoms with Crippen molar-refractivity contribution in [2.45, 2.75) is 58.5 Å². The SMILES string of the molecule is C#Cc1cc(C(=O)Oc2ccc(CC(=O)OCOC(C)=O)cc2)cc2c1OC(C)(C)CC2(C)C. The van der Waals surface area contributed by atoms with Gasteiger partial charge in [-0.25, -0.2) is 4.79 Å². The van der Waals surface area contributed by atoms with Gasteiger partial charge in [-0.3, -0.25) is 9.59 Å². The summed E-state index contributed by atoms with van der Waals surface area (Å²) in [6.07, 6.45) is 6.48. The Labute approximate surface area is 199 Å². The van der Waals surface area contributed by atoms with Crippen LogP contribution in [0.3, 0.4) is 0 Å². The van der Waals surface area contributed by atoms with Gasteiger partial charge in [-0.15, -0.1) is 6.42 Å². The van der Waals surface area contributed by atoms with E-state index in [4.69, 9.17) is 20.6 Å². The molecule has 3 rings (SSSR count). The molecule has 0 N–H and O–H groups in total. The zero-order valence-corrected chi connectivity index (χ0v) is 20.0. The summed E-state index contributed by atoms with van der Waals surface area (Å²) in [5, 5.41) is 0. The molecular weight excluding hydrogens is 436 g/mol. The van der Waals surface area contributed by atoms with Crippen molar-refractivity contribution in [2.24, 2.45) is 0 Å². The van der Waals surface area contributed by atoms with Gasteiger partial charge in [0, 0.05) is 12.5 Å². The molecule has 0 radical (unpaired) electrons. The number of rotatable bonds is 6. The summed E-state index contributed by atoms with van der Waals surface area (Å²) >= 11 is 0. The lowest BCUT2D eigenvalue weighted by atomic mass is 9.72. The van der Waals surface area contributed by atoms with Gasteiger partial charge in [0.05, 0.1) is 17.5 Å². The molecule has 0 amide bonds. The lowest BCUT2D eigenvalue weighted by Gasteiger charge is -2.43. The summed E-state index contributed by atoms with van der Waals surface area (Å²) in [5.74, 6) is 1.95. The molecule has 0 saturated carbocycles. The van der Waals surface area contributed by atoms with Gasteiger partial charge in [0.25, 0.3) is 0 Å². The molecule has 2 aromatic rings. The number of ether oxygens (including phenoxy) is 4. The number of hydrogen-bond acceptors (Lipinski definition) is 7. The zero-order chi connectivity index (χ0) is 25.1. The van der Waals surface area contributed by atoms with Gasteiger partial charge in [0.1, 0.15) is 17.1 Å². The molecule has 0 saturated heterocycles. The maximum Gasteiger partial charge on any atom is 0.343 e. The van der Waals surface area contributed by atoms with Crippen molar-refractivity contribution in [3.8, 4) is 23.8 Å². The van der Waals surface area contributed by atoms with Crippen LogP contribution in [-0.2, 0) is 30.9 Å². The van der Waals surface area contributed by atoms with Crippen LogP contribution in [-0.4, -0.2) is 30.3 Å². The van der Waals surface area contributed by atoms with Crippen molar-refractivity contribution in [3.05, 3.63) is 58.7 Å². The van der Waals surface area contributed by atoms with Crippen LogP contribution < -0.4 is 9.47 Å². The van der Waals surface area contributed by atoms with Crippen LogP contribution in [0.5, 0.6) is 11.5 Å². The van der Waals surface area contributed by atoms with E-state index in [9.17, 15) is 14.4 Å². The quantitative estimate of drug-likeness (QED) is 0.272. The Morgan fingerprint density at radius 3 is 2.35 bits per heavy atom. The fourth-order valence-electron chi connectivity index (χ4n) is 4.18. The fraction of sp³-hybridized carbons (Fsp3) is 0.370. The molecule has 7 heteroatoms. The molecule has 34 heavy (non-hydrogen) atoms. The number of benzene rings is 2. The summed E-state index contributed by atoms with van der Waals surface area (Å²) < 4.78 is 21.1. The molecule has 0 bridgehead atoms. The largest absolute Gasteiger partial charge is 0.486 e. The molecule has 0 aromatic heterocycles. The smallest absolute Gasteiger partial charge is 0.343 e. The predicted octanol–water partition coefficient (Wildman–Crippen LogP) is 4.33. The first-order valence-corrected chi connectivity index (χ1v) is 10.8. The van der Waals surface area contributed by atoms with Crippen molar-refractivity contribution >= 4 is 17.9 Å².